The monoisotopic (exact) mass is 306 g/mol. The van der Waals surface area contributed by atoms with Gasteiger partial charge in [0.25, 0.3) is 0 Å². The second-order valence-corrected chi connectivity index (χ2v) is 5.30. The van der Waals surface area contributed by atoms with Crippen LogP contribution in [0, 0.1) is 0 Å². The zero-order valence-electron chi connectivity index (χ0n) is 13.6. The Kier molecular flexibility index (Phi) is 8.22. The fourth-order valence-corrected chi connectivity index (χ4v) is 1.98. The van der Waals surface area contributed by atoms with Crippen LogP contribution in [0.1, 0.15) is 44.0 Å². The summed E-state index contributed by atoms with van der Waals surface area (Å²) in [7, 11) is 0. The van der Waals surface area contributed by atoms with Crippen LogP contribution in [0.4, 0.5) is 0 Å². The van der Waals surface area contributed by atoms with Gasteiger partial charge >= 0.3 is 0 Å². The lowest BCUT2D eigenvalue weighted by molar-refractivity contribution is -0.121. The van der Waals surface area contributed by atoms with Gasteiger partial charge in [-0.05, 0) is 51.1 Å². The van der Waals surface area contributed by atoms with Crippen LogP contribution in [0.3, 0.4) is 0 Å². The first kappa shape index (κ1) is 18.2. The average Bonchev–Trinajstić information content (AvgIpc) is 2.50. The van der Waals surface area contributed by atoms with Crippen molar-refractivity contribution in [2.24, 2.45) is 0 Å². The molecule has 5 nitrogen and oxygen atoms in total. The minimum atomic E-state index is 0.0370. The van der Waals surface area contributed by atoms with Gasteiger partial charge in [-0.25, -0.2) is 0 Å². The molecule has 5 heteroatoms. The van der Waals surface area contributed by atoms with E-state index in [0.29, 0.717) is 37.3 Å². The van der Waals surface area contributed by atoms with Crippen LogP contribution >= 0.6 is 0 Å². The quantitative estimate of drug-likeness (QED) is 0.513. The molecule has 0 fully saturated rings. The van der Waals surface area contributed by atoms with Crippen LogP contribution < -0.4 is 15.4 Å². The molecule has 0 aliphatic carbocycles. The maximum Gasteiger partial charge on any atom is 0.220 e. The molecule has 0 aromatic heterocycles. The molecular weight excluding hydrogens is 280 g/mol. The van der Waals surface area contributed by atoms with E-state index in [-0.39, 0.29) is 17.7 Å². The number of likely N-dealkylation sites (N-methyl/N-ethyl adjacent to an activating group) is 1. The maximum atomic E-state index is 11.7. The van der Waals surface area contributed by atoms with E-state index in [0.717, 1.165) is 6.54 Å². The van der Waals surface area contributed by atoms with E-state index in [9.17, 15) is 9.59 Å². The lowest BCUT2D eigenvalue weighted by atomic mass is 10.1. The zero-order chi connectivity index (χ0) is 16.4. The molecule has 2 N–H and O–H groups in total. The van der Waals surface area contributed by atoms with Crippen molar-refractivity contribution in [1.82, 2.24) is 10.6 Å². The van der Waals surface area contributed by atoms with Crippen molar-refractivity contribution >= 4 is 11.7 Å². The van der Waals surface area contributed by atoms with Crippen molar-refractivity contribution in [3.05, 3.63) is 29.8 Å². The van der Waals surface area contributed by atoms with E-state index >= 15 is 0 Å². The minimum Gasteiger partial charge on any atom is -0.494 e. The molecule has 0 saturated carbocycles. The van der Waals surface area contributed by atoms with Gasteiger partial charge in [-0.3, -0.25) is 9.59 Å². The molecule has 1 amide bonds. The molecule has 0 bridgehead atoms. The number of carbonyl (C=O) groups is 2. The first-order chi connectivity index (χ1) is 10.5. The number of ether oxygens (including phenoxy) is 1. The minimum absolute atomic E-state index is 0.0370. The van der Waals surface area contributed by atoms with Crippen molar-refractivity contribution in [1.29, 1.82) is 0 Å². The first-order valence-electron chi connectivity index (χ1n) is 7.76. The second-order valence-electron chi connectivity index (χ2n) is 5.30. The van der Waals surface area contributed by atoms with Crippen LogP contribution in [-0.4, -0.2) is 37.4 Å². The Morgan fingerprint density at radius 3 is 2.50 bits per heavy atom. The first-order valence-corrected chi connectivity index (χ1v) is 7.76. The molecule has 1 rings (SSSR count). The fourth-order valence-electron chi connectivity index (χ4n) is 1.98. The summed E-state index contributed by atoms with van der Waals surface area (Å²) < 4.78 is 5.55. The summed E-state index contributed by atoms with van der Waals surface area (Å²) in [5, 5.41) is 6.13. The summed E-state index contributed by atoms with van der Waals surface area (Å²) in [6.07, 6.45) is 1.11. The molecular formula is C17H26N2O3. The summed E-state index contributed by atoms with van der Waals surface area (Å²) in [6, 6.07) is 7.31. The summed E-state index contributed by atoms with van der Waals surface area (Å²) in [5.41, 5.74) is 0.668. The van der Waals surface area contributed by atoms with E-state index in [4.69, 9.17) is 4.74 Å². The maximum absolute atomic E-state index is 11.7. The number of ketones is 1. The van der Waals surface area contributed by atoms with Crippen molar-refractivity contribution in [2.75, 3.05) is 19.7 Å². The largest absolute Gasteiger partial charge is 0.494 e. The van der Waals surface area contributed by atoms with Crippen LogP contribution in [0.25, 0.3) is 0 Å². The molecule has 0 aliphatic rings. The molecule has 0 radical (unpaired) electrons. The van der Waals surface area contributed by atoms with Gasteiger partial charge < -0.3 is 15.4 Å². The molecule has 22 heavy (non-hydrogen) atoms. The summed E-state index contributed by atoms with van der Waals surface area (Å²) >= 11 is 0. The number of nitrogens with one attached hydrogen (secondary N) is 2. The number of amides is 1. The Hall–Kier alpha value is -1.88. The lowest BCUT2D eigenvalue weighted by Gasteiger charge is -2.13. The van der Waals surface area contributed by atoms with Gasteiger partial charge in [0.1, 0.15) is 5.75 Å². The molecule has 0 saturated heterocycles. The molecule has 122 valence electrons. The zero-order valence-corrected chi connectivity index (χ0v) is 13.6. The highest BCUT2D eigenvalue weighted by atomic mass is 16.5. The van der Waals surface area contributed by atoms with E-state index in [2.05, 4.69) is 10.6 Å². The molecule has 1 aromatic carbocycles. The molecule has 0 spiro atoms. The Morgan fingerprint density at radius 1 is 1.23 bits per heavy atom. The third-order valence-corrected chi connectivity index (χ3v) is 3.24. The van der Waals surface area contributed by atoms with E-state index in [1.165, 1.54) is 6.92 Å². The Morgan fingerprint density at radius 2 is 1.91 bits per heavy atom. The van der Waals surface area contributed by atoms with Crippen LogP contribution in [0.15, 0.2) is 24.3 Å². The van der Waals surface area contributed by atoms with Gasteiger partial charge in [0, 0.05) is 24.6 Å². The number of carbonyl (C=O) groups excluding carboxylic acids is 2. The number of benzene rings is 1. The average molecular weight is 306 g/mol. The predicted octanol–water partition coefficient (Wildman–Crippen LogP) is 2.16. The van der Waals surface area contributed by atoms with Crippen LogP contribution in [-0.2, 0) is 4.79 Å². The smallest absolute Gasteiger partial charge is 0.220 e. The van der Waals surface area contributed by atoms with Crippen molar-refractivity contribution in [2.45, 2.75) is 39.7 Å². The van der Waals surface area contributed by atoms with E-state index in [1.54, 1.807) is 24.3 Å². The SMILES string of the molecule is CCN[C@H](C)CNC(=O)CCCOc1ccc(C(C)=O)cc1. The Balaban J connectivity index is 2.16. The van der Waals surface area contributed by atoms with Crippen LogP contribution in [0.2, 0.25) is 0 Å². The van der Waals surface area contributed by atoms with E-state index < -0.39 is 0 Å². The number of hydrogen-bond donors (Lipinski definition) is 2. The third kappa shape index (κ3) is 7.22. The van der Waals surface area contributed by atoms with Crippen molar-refractivity contribution in [3.8, 4) is 5.75 Å². The molecule has 0 aliphatic heterocycles. The molecule has 1 aromatic rings. The lowest BCUT2D eigenvalue weighted by Crippen LogP contribution is -2.38. The van der Waals surface area contributed by atoms with Crippen molar-refractivity contribution in [3.63, 3.8) is 0 Å². The molecule has 1 atom stereocenters. The highest BCUT2D eigenvalue weighted by molar-refractivity contribution is 5.94. The predicted molar refractivity (Wildman–Crippen MR) is 87.3 cm³/mol. The van der Waals surface area contributed by atoms with Gasteiger partial charge in [0.2, 0.25) is 5.91 Å². The number of Topliss-reactive ketones (excluding diaryl/α,β-unsaturated/α-hetero) is 1. The van der Waals surface area contributed by atoms with Gasteiger partial charge in [0.05, 0.1) is 6.61 Å². The van der Waals surface area contributed by atoms with Gasteiger partial charge in [-0.2, -0.15) is 0 Å². The fraction of sp³-hybridized carbons (Fsp3) is 0.529. The summed E-state index contributed by atoms with van der Waals surface area (Å²) in [6.45, 7) is 7.63. The Bertz CT molecular complexity index is 471. The summed E-state index contributed by atoms with van der Waals surface area (Å²) in [4.78, 5) is 22.8. The topological polar surface area (TPSA) is 67.4 Å². The van der Waals surface area contributed by atoms with Crippen molar-refractivity contribution < 1.29 is 14.3 Å². The normalized spacial score (nSPS) is 11.8. The molecule has 0 heterocycles. The number of rotatable bonds is 10. The van der Waals surface area contributed by atoms with Gasteiger partial charge in [0.15, 0.2) is 5.78 Å². The molecule has 0 unspecified atom stereocenters. The van der Waals surface area contributed by atoms with Gasteiger partial charge in [-0.1, -0.05) is 6.92 Å². The number of hydrogen-bond acceptors (Lipinski definition) is 4. The second kappa shape index (κ2) is 9.95. The van der Waals surface area contributed by atoms with Gasteiger partial charge in [-0.15, -0.1) is 0 Å². The highest BCUT2D eigenvalue weighted by Crippen LogP contribution is 2.12. The highest BCUT2D eigenvalue weighted by Gasteiger charge is 2.05. The Labute approximate surface area is 132 Å². The van der Waals surface area contributed by atoms with Crippen LogP contribution in [0.5, 0.6) is 5.75 Å². The van der Waals surface area contributed by atoms with E-state index in [1.807, 2.05) is 13.8 Å². The third-order valence-electron chi connectivity index (χ3n) is 3.24. The summed E-state index contributed by atoms with van der Waals surface area (Å²) in [5.74, 6) is 0.793. The standard InChI is InChI=1S/C17H26N2O3/c1-4-18-13(2)12-19-17(21)6-5-11-22-16-9-7-15(8-10-16)14(3)20/h7-10,13,18H,4-6,11-12H2,1-3H3,(H,19,21)/t13-/m1/s1.